The number of ether oxygens (including phenoxy) is 1. The standard InChI is InChI=1S/C24H25N3O3/c1-30-20-9-6-19(7-10-20)22(28)11-13-24(29)27-16-14-26(15-17-27)23-12-8-18-4-2-3-5-21(18)25-23/h2-10,12H,11,13-17H2,1H3. The molecule has 0 spiro atoms. The first-order chi connectivity index (χ1) is 14.6. The van der Waals surface area contributed by atoms with Gasteiger partial charge in [-0.05, 0) is 42.5 Å². The SMILES string of the molecule is COc1ccc(C(=O)CCC(=O)N2CCN(c3ccc4ccccc4n3)CC2)cc1. The van der Waals surface area contributed by atoms with Gasteiger partial charge >= 0.3 is 0 Å². The number of methoxy groups -OCH3 is 1. The summed E-state index contributed by atoms with van der Waals surface area (Å²) in [4.78, 5) is 33.7. The number of aromatic nitrogens is 1. The molecule has 6 nitrogen and oxygen atoms in total. The van der Waals surface area contributed by atoms with Crippen molar-refractivity contribution in [2.75, 3.05) is 38.2 Å². The van der Waals surface area contributed by atoms with Crippen molar-refractivity contribution >= 4 is 28.4 Å². The van der Waals surface area contributed by atoms with Crippen LogP contribution in [0.25, 0.3) is 10.9 Å². The molecule has 1 aliphatic heterocycles. The maximum absolute atomic E-state index is 12.6. The summed E-state index contributed by atoms with van der Waals surface area (Å²) in [6.45, 7) is 2.77. The molecule has 0 radical (unpaired) electrons. The zero-order valence-electron chi connectivity index (χ0n) is 17.1. The number of hydrogen-bond acceptors (Lipinski definition) is 5. The Labute approximate surface area is 176 Å². The summed E-state index contributed by atoms with van der Waals surface area (Å²) in [6.07, 6.45) is 0.455. The van der Waals surface area contributed by atoms with E-state index in [1.807, 2.05) is 29.2 Å². The number of Topliss-reactive ketones (excluding diaryl/α,β-unsaturated/α-hetero) is 1. The van der Waals surface area contributed by atoms with Gasteiger partial charge in [-0.1, -0.05) is 18.2 Å². The minimum atomic E-state index is -0.0231. The second kappa shape index (κ2) is 8.95. The Morgan fingerprint density at radius 1 is 0.900 bits per heavy atom. The summed E-state index contributed by atoms with van der Waals surface area (Å²) in [7, 11) is 1.59. The van der Waals surface area contributed by atoms with Crippen LogP contribution in [-0.2, 0) is 4.79 Å². The quantitative estimate of drug-likeness (QED) is 0.589. The Balaban J connectivity index is 1.28. The van der Waals surface area contributed by atoms with Crippen molar-refractivity contribution in [1.29, 1.82) is 0 Å². The van der Waals surface area contributed by atoms with Crippen molar-refractivity contribution in [1.82, 2.24) is 9.88 Å². The predicted octanol–water partition coefficient (Wildman–Crippen LogP) is 3.56. The van der Waals surface area contributed by atoms with Crippen LogP contribution in [0.4, 0.5) is 5.82 Å². The van der Waals surface area contributed by atoms with E-state index in [4.69, 9.17) is 9.72 Å². The molecule has 1 saturated heterocycles. The highest BCUT2D eigenvalue weighted by Crippen LogP contribution is 2.20. The van der Waals surface area contributed by atoms with Crippen LogP contribution in [0, 0.1) is 0 Å². The van der Waals surface area contributed by atoms with Gasteiger partial charge < -0.3 is 14.5 Å². The molecule has 1 fully saturated rings. The van der Waals surface area contributed by atoms with Gasteiger partial charge in [0, 0.05) is 50.0 Å². The van der Waals surface area contributed by atoms with E-state index in [2.05, 4.69) is 17.0 Å². The van der Waals surface area contributed by atoms with Gasteiger partial charge in [0.2, 0.25) is 5.91 Å². The Hall–Kier alpha value is -3.41. The smallest absolute Gasteiger partial charge is 0.223 e. The molecule has 30 heavy (non-hydrogen) atoms. The number of rotatable bonds is 6. The van der Waals surface area contributed by atoms with Crippen LogP contribution in [0.2, 0.25) is 0 Å². The maximum atomic E-state index is 12.6. The number of carbonyl (C=O) groups is 2. The lowest BCUT2D eigenvalue weighted by molar-refractivity contribution is -0.131. The molecule has 0 atom stereocenters. The molecule has 4 rings (SSSR count). The minimum Gasteiger partial charge on any atom is -0.497 e. The van der Waals surface area contributed by atoms with Crippen LogP contribution in [0.5, 0.6) is 5.75 Å². The Morgan fingerprint density at radius 2 is 1.63 bits per heavy atom. The number of piperazine rings is 1. The lowest BCUT2D eigenvalue weighted by Crippen LogP contribution is -2.49. The first-order valence-corrected chi connectivity index (χ1v) is 10.2. The summed E-state index contributed by atoms with van der Waals surface area (Å²) < 4.78 is 5.11. The highest BCUT2D eigenvalue weighted by Gasteiger charge is 2.22. The summed E-state index contributed by atoms with van der Waals surface area (Å²) in [6, 6.07) is 19.2. The number of pyridine rings is 1. The van der Waals surface area contributed by atoms with Crippen molar-refractivity contribution in [3.8, 4) is 5.75 Å². The zero-order valence-corrected chi connectivity index (χ0v) is 17.1. The summed E-state index contributed by atoms with van der Waals surface area (Å²) in [5, 5.41) is 1.12. The second-order valence-corrected chi connectivity index (χ2v) is 7.38. The van der Waals surface area contributed by atoms with Crippen molar-refractivity contribution in [2.24, 2.45) is 0 Å². The van der Waals surface area contributed by atoms with Crippen LogP contribution in [0.3, 0.4) is 0 Å². The Bertz CT molecular complexity index is 1040. The van der Waals surface area contributed by atoms with E-state index in [1.165, 1.54) is 0 Å². The topological polar surface area (TPSA) is 62.7 Å². The molecule has 0 aliphatic carbocycles. The molecule has 1 aliphatic rings. The van der Waals surface area contributed by atoms with E-state index >= 15 is 0 Å². The molecule has 154 valence electrons. The van der Waals surface area contributed by atoms with Crippen LogP contribution in [0.1, 0.15) is 23.2 Å². The van der Waals surface area contributed by atoms with E-state index in [9.17, 15) is 9.59 Å². The highest BCUT2D eigenvalue weighted by atomic mass is 16.5. The molecule has 1 aromatic heterocycles. The molecular weight excluding hydrogens is 378 g/mol. The summed E-state index contributed by atoms with van der Waals surface area (Å²) in [5.41, 5.74) is 1.58. The van der Waals surface area contributed by atoms with Crippen molar-refractivity contribution in [3.63, 3.8) is 0 Å². The average Bonchev–Trinajstić information content (AvgIpc) is 2.82. The highest BCUT2D eigenvalue weighted by molar-refractivity contribution is 5.98. The van der Waals surface area contributed by atoms with Gasteiger partial charge in [0.05, 0.1) is 12.6 Å². The lowest BCUT2D eigenvalue weighted by atomic mass is 10.1. The third kappa shape index (κ3) is 4.43. The number of fused-ring (bicyclic) bond motifs is 1. The molecule has 3 aromatic rings. The molecule has 2 heterocycles. The first kappa shape index (κ1) is 19.9. The van der Waals surface area contributed by atoms with E-state index in [-0.39, 0.29) is 24.5 Å². The van der Waals surface area contributed by atoms with Crippen molar-refractivity contribution in [3.05, 3.63) is 66.2 Å². The lowest BCUT2D eigenvalue weighted by Gasteiger charge is -2.35. The average molecular weight is 403 g/mol. The van der Waals surface area contributed by atoms with Gasteiger partial charge in [-0.3, -0.25) is 9.59 Å². The van der Waals surface area contributed by atoms with Gasteiger partial charge in [0.1, 0.15) is 11.6 Å². The molecule has 2 aromatic carbocycles. The van der Waals surface area contributed by atoms with E-state index in [0.717, 1.165) is 29.8 Å². The van der Waals surface area contributed by atoms with E-state index < -0.39 is 0 Å². The number of hydrogen-bond donors (Lipinski definition) is 0. The number of amides is 1. The monoisotopic (exact) mass is 403 g/mol. The van der Waals surface area contributed by atoms with Gasteiger partial charge in [-0.25, -0.2) is 4.98 Å². The van der Waals surface area contributed by atoms with Crippen LogP contribution in [-0.4, -0.2) is 54.9 Å². The molecule has 0 bridgehead atoms. The number of nitrogens with zero attached hydrogens (tertiary/aromatic N) is 3. The number of benzene rings is 2. The fraction of sp³-hybridized carbons (Fsp3) is 0.292. The van der Waals surface area contributed by atoms with Crippen LogP contribution in [0.15, 0.2) is 60.7 Å². The minimum absolute atomic E-state index is 0.0231. The molecule has 1 amide bonds. The van der Waals surface area contributed by atoms with E-state index in [0.29, 0.717) is 24.4 Å². The summed E-state index contributed by atoms with van der Waals surface area (Å²) >= 11 is 0. The maximum Gasteiger partial charge on any atom is 0.223 e. The third-order valence-electron chi connectivity index (χ3n) is 5.52. The zero-order chi connectivity index (χ0) is 20.9. The number of ketones is 1. The predicted molar refractivity (Wildman–Crippen MR) is 117 cm³/mol. The molecule has 0 saturated carbocycles. The van der Waals surface area contributed by atoms with Gasteiger partial charge in [-0.2, -0.15) is 0 Å². The molecular formula is C24H25N3O3. The van der Waals surface area contributed by atoms with Gasteiger partial charge in [0.15, 0.2) is 5.78 Å². The second-order valence-electron chi connectivity index (χ2n) is 7.38. The fourth-order valence-electron chi connectivity index (χ4n) is 3.72. The normalized spacial score (nSPS) is 14.0. The van der Waals surface area contributed by atoms with Crippen molar-refractivity contribution in [2.45, 2.75) is 12.8 Å². The first-order valence-electron chi connectivity index (χ1n) is 10.2. The number of carbonyl (C=O) groups excluding carboxylic acids is 2. The number of anilines is 1. The van der Waals surface area contributed by atoms with E-state index in [1.54, 1.807) is 31.4 Å². The number of para-hydroxylation sites is 1. The summed E-state index contributed by atoms with van der Waals surface area (Å²) in [5.74, 6) is 1.66. The van der Waals surface area contributed by atoms with Gasteiger partial charge in [-0.15, -0.1) is 0 Å². The molecule has 0 unspecified atom stereocenters. The largest absolute Gasteiger partial charge is 0.497 e. The van der Waals surface area contributed by atoms with Crippen LogP contribution >= 0.6 is 0 Å². The van der Waals surface area contributed by atoms with Gasteiger partial charge in [0.25, 0.3) is 0 Å². The fourth-order valence-corrected chi connectivity index (χ4v) is 3.72. The van der Waals surface area contributed by atoms with Crippen molar-refractivity contribution < 1.29 is 14.3 Å². The molecule has 0 N–H and O–H groups in total. The Morgan fingerprint density at radius 3 is 2.37 bits per heavy atom. The molecule has 6 heteroatoms. The third-order valence-corrected chi connectivity index (χ3v) is 5.52. The van der Waals surface area contributed by atoms with Crippen LogP contribution < -0.4 is 9.64 Å². The Kier molecular flexibility index (Phi) is 5.93.